The maximum absolute atomic E-state index is 13.6. The summed E-state index contributed by atoms with van der Waals surface area (Å²) in [6, 6.07) is 8.74. The van der Waals surface area contributed by atoms with Crippen molar-refractivity contribution in [2.75, 3.05) is 0 Å². The summed E-state index contributed by atoms with van der Waals surface area (Å²) < 4.78 is 12.6. The van der Waals surface area contributed by atoms with Crippen LogP contribution in [0, 0.1) is 0 Å². The lowest BCUT2D eigenvalue weighted by molar-refractivity contribution is -0.190. The maximum atomic E-state index is 13.6. The molecule has 2 aromatic heterocycles. The van der Waals surface area contributed by atoms with E-state index in [9.17, 15) is 14.4 Å². The minimum Gasteiger partial charge on any atom is -0.457 e. The van der Waals surface area contributed by atoms with Crippen LogP contribution < -0.4 is 11.3 Å². The molecule has 0 saturated carbocycles. The maximum Gasteiger partial charge on any atom is 0.355 e. The van der Waals surface area contributed by atoms with Crippen LogP contribution in [0.15, 0.2) is 35.1 Å². The Morgan fingerprint density at radius 1 is 1.27 bits per heavy atom. The van der Waals surface area contributed by atoms with Gasteiger partial charge in [-0.2, -0.15) is 0 Å². The van der Waals surface area contributed by atoms with Gasteiger partial charge in [0, 0.05) is 16.5 Å². The minimum absolute atomic E-state index is 0.110. The summed E-state index contributed by atoms with van der Waals surface area (Å²) in [6.45, 7) is 5.50. The third-order valence-electron chi connectivity index (χ3n) is 6.68. The number of carbonyl (C=O) groups excluding carboxylic acids is 2. The first-order chi connectivity index (χ1) is 15.8. The molecule has 170 valence electrons. The van der Waals surface area contributed by atoms with Crippen molar-refractivity contribution in [3.63, 3.8) is 0 Å². The molecule has 2 aliphatic rings. The van der Waals surface area contributed by atoms with E-state index in [-0.39, 0.29) is 18.6 Å². The zero-order valence-electron chi connectivity index (χ0n) is 18.8. The Kier molecular flexibility index (Phi) is 4.86. The number of fused-ring (bicyclic) bond motifs is 5. The molecule has 0 saturated heterocycles. The molecule has 33 heavy (non-hydrogen) atoms. The third-order valence-corrected chi connectivity index (χ3v) is 6.68. The van der Waals surface area contributed by atoms with E-state index in [2.05, 4.69) is 6.92 Å². The van der Waals surface area contributed by atoms with Crippen LogP contribution >= 0.6 is 0 Å². The number of esters is 2. The lowest BCUT2D eigenvalue weighted by Crippen LogP contribution is -2.49. The van der Waals surface area contributed by atoms with Gasteiger partial charge in [-0.05, 0) is 37.5 Å². The number of pyridine rings is 2. The molecule has 2 N–H and O–H groups in total. The molecule has 0 bridgehead atoms. The highest BCUT2D eigenvalue weighted by molar-refractivity contribution is 5.90. The number of para-hydroxylation sites is 1. The standard InChI is InChI=1S/C25H25N3O5/c1-4-14-15-8-6-7-9-19(15)27-21-16(14)11-28-20(21)10-18-17(22(28)29)12-32-24(31)25(18,5-2)33-23(30)13(3)26/h6-10,13H,4-5,11-12,26H2,1-3H3/t13-,25-/m0/s1. The van der Waals surface area contributed by atoms with Crippen molar-refractivity contribution < 1.29 is 19.1 Å². The fourth-order valence-corrected chi connectivity index (χ4v) is 4.94. The number of aromatic nitrogens is 2. The van der Waals surface area contributed by atoms with E-state index in [4.69, 9.17) is 20.2 Å². The van der Waals surface area contributed by atoms with E-state index >= 15 is 0 Å². The van der Waals surface area contributed by atoms with Crippen molar-refractivity contribution in [2.24, 2.45) is 5.73 Å². The molecule has 0 unspecified atom stereocenters. The molecule has 0 spiro atoms. The number of aryl methyl sites for hydroxylation is 1. The fourth-order valence-electron chi connectivity index (χ4n) is 4.94. The number of hydrogen-bond acceptors (Lipinski definition) is 7. The minimum atomic E-state index is -1.72. The topological polar surface area (TPSA) is 114 Å². The van der Waals surface area contributed by atoms with E-state index < -0.39 is 23.6 Å². The second kappa shape index (κ2) is 7.52. The number of ether oxygens (including phenoxy) is 2. The summed E-state index contributed by atoms with van der Waals surface area (Å²) in [5, 5.41) is 1.07. The van der Waals surface area contributed by atoms with E-state index in [0.717, 1.165) is 28.5 Å². The zero-order valence-corrected chi connectivity index (χ0v) is 18.8. The quantitative estimate of drug-likeness (QED) is 0.478. The van der Waals surface area contributed by atoms with Gasteiger partial charge in [0.1, 0.15) is 12.6 Å². The van der Waals surface area contributed by atoms with Gasteiger partial charge >= 0.3 is 11.9 Å². The average Bonchev–Trinajstić information content (AvgIpc) is 3.18. The van der Waals surface area contributed by atoms with E-state index in [1.807, 2.05) is 24.3 Å². The molecule has 5 rings (SSSR count). The molecule has 2 atom stereocenters. The number of rotatable bonds is 4. The number of nitrogens with zero attached hydrogens (tertiary/aromatic N) is 2. The Morgan fingerprint density at radius 2 is 2.03 bits per heavy atom. The smallest absolute Gasteiger partial charge is 0.355 e. The van der Waals surface area contributed by atoms with Gasteiger partial charge < -0.3 is 19.8 Å². The van der Waals surface area contributed by atoms with Crippen molar-refractivity contribution in [3.8, 4) is 11.4 Å². The Hall–Kier alpha value is -3.52. The predicted molar refractivity (Wildman–Crippen MR) is 121 cm³/mol. The predicted octanol–water partition coefficient (Wildman–Crippen LogP) is 2.54. The summed E-state index contributed by atoms with van der Waals surface area (Å²) >= 11 is 0. The normalized spacial score (nSPS) is 19.5. The first-order valence-electron chi connectivity index (χ1n) is 11.2. The first kappa shape index (κ1) is 21.3. The molecule has 4 heterocycles. The molecule has 0 aliphatic carbocycles. The largest absolute Gasteiger partial charge is 0.457 e. The Labute approximate surface area is 190 Å². The summed E-state index contributed by atoms with van der Waals surface area (Å²) in [5.41, 5.74) is 8.69. The highest BCUT2D eigenvalue weighted by Crippen LogP contribution is 2.42. The van der Waals surface area contributed by atoms with Crippen LogP contribution in [0.25, 0.3) is 22.3 Å². The molecule has 0 radical (unpaired) electrons. The van der Waals surface area contributed by atoms with Crippen LogP contribution in [0.2, 0.25) is 0 Å². The van der Waals surface area contributed by atoms with Gasteiger partial charge in [0.05, 0.1) is 29.0 Å². The first-order valence-corrected chi connectivity index (χ1v) is 11.2. The van der Waals surface area contributed by atoms with E-state index in [0.29, 0.717) is 29.1 Å². The van der Waals surface area contributed by atoms with E-state index in [1.54, 1.807) is 17.6 Å². The van der Waals surface area contributed by atoms with E-state index in [1.165, 1.54) is 6.92 Å². The van der Waals surface area contributed by atoms with Crippen molar-refractivity contribution in [3.05, 3.63) is 62.9 Å². The number of nitrogens with two attached hydrogens (primary N) is 1. The lowest BCUT2D eigenvalue weighted by Gasteiger charge is -2.36. The molecule has 8 nitrogen and oxygen atoms in total. The Morgan fingerprint density at radius 3 is 2.73 bits per heavy atom. The van der Waals surface area contributed by atoms with Crippen LogP contribution in [0.4, 0.5) is 0 Å². The molecule has 0 amide bonds. The molecule has 0 fully saturated rings. The molecular weight excluding hydrogens is 422 g/mol. The van der Waals surface area contributed by atoms with Crippen molar-refractivity contribution >= 4 is 22.8 Å². The number of carbonyl (C=O) groups is 2. The average molecular weight is 447 g/mol. The Bertz CT molecular complexity index is 1390. The van der Waals surface area contributed by atoms with Gasteiger partial charge in [-0.25, -0.2) is 9.78 Å². The van der Waals surface area contributed by atoms with Crippen LogP contribution in [-0.2, 0) is 44.2 Å². The zero-order chi connectivity index (χ0) is 23.5. The fraction of sp³-hybridized carbons (Fsp3) is 0.360. The van der Waals surface area contributed by atoms with Crippen LogP contribution in [0.5, 0.6) is 0 Å². The summed E-state index contributed by atoms with van der Waals surface area (Å²) in [6.07, 6.45) is 0.902. The van der Waals surface area contributed by atoms with Crippen LogP contribution in [0.3, 0.4) is 0 Å². The molecule has 2 aliphatic heterocycles. The summed E-state index contributed by atoms with van der Waals surface area (Å²) in [4.78, 5) is 43.8. The van der Waals surface area contributed by atoms with Crippen molar-refractivity contribution in [1.29, 1.82) is 0 Å². The summed E-state index contributed by atoms with van der Waals surface area (Å²) in [7, 11) is 0. The highest BCUT2D eigenvalue weighted by Gasteiger charge is 2.50. The number of hydrogen-bond donors (Lipinski definition) is 1. The highest BCUT2D eigenvalue weighted by atomic mass is 16.6. The van der Waals surface area contributed by atoms with Gasteiger partial charge in [0.15, 0.2) is 0 Å². The van der Waals surface area contributed by atoms with Crippen molar-refractivity contribution in [2.45, 2.75) is 58.4 Å². The molecule has 3 aromatic rings. The van der Waals surface area contributed by atoms with Crippen molar-refractivity contribution in [1.82, 2.24) is 9.55 Å². The molecule has 1 aromatic carbocycles. The van der Waals surface area contributed by atoms with Gasteiger partial charge in [0.25, 0.3) is 5.56 Å². The number of cyclic esters (lactones) is 1. The third kappa shape index (κ3) is 2.94. The molecule has 8 heteroatoms. The Balaban J connectivity index is 1.78. The van der Waals surface area contributed by atoms with Crippen LogP contribution in [-0.4, -0.2) is 27.5 Å². The SMILES string of the molecule is CCc1c2c(nc3ccccc13)-c1cc3c(c(=O)n1C2)COC(=O)[C@@]3(CC)OC(=O)[C@H](C)N. The lowest BCUT2D eigenvalue weighted by atomic mass is 9.85. The molecular formula is C25H25N3O5. The van der Waals surface area contributed by atoms with Gasteiger partial charge in [-0.1, -0.05) is 32.0 Å². The van der Waals surface area contributed by atoms with Crippen LogP contribution in [0.1, 0.15) is 49.4 Å². The second-order valence-electron chi connectivity index (χ2n) is 8.57. The van der Waals surface area contributed by atoms with Gasteiger partial charge in [-0.3, -0.25) is 9.59 Å². The number of benzene rings is 1. The second-order valence-corrected chi connectivity index (χ2v) is 8.57. The van der Waals surface area contributed by atoms with Gasteiger partial charge in [0.2, 0.25) is 5.60 Å². The monoisotopic (exact) mass is 447 g/mol. The van der Waals surface area contributed by atoms with Gasteiger partial charge in [-0.15, -0.1) is 0 Å². The summed E-state index contributed by atoms with van der Waals surface area (Å²) in [5.74, 6) is -1.44.